The molecule has 0 bridgehead atoms. The van der Waals surface area contributed by atoms with E-state index in [0.29, 0.717) is 12.1 Å². The summed E-state index contributed by atoms with van der Waals surface area (Å²) < 4.78 is 0. The van der Waals surface area contributed by atoms with Gasteiger partial charge in [0, 0.05) is 31.7 Å². The third kappa shape index (κ3) is 3.01. The molecular formula is C14H28N2O. The summed E-state index contributed by atoms with van der Waals surface area (Å²) in [6.45, 7) is 8.01. The van der Waals surface area contributed by atoms with Crippen molar-refractivity contribution in [2.75, 3.05) is 26.7 Å². The van der Waals surface area contributed by atoms with Crippen molar-refractivity contribution in [3.8, 4) is 0 Å². The summed E-state index contributed by atoms with van der Waals surface area (Å²) in [6.07, 6.45) is 4.50. The van der Waals surface area contributed by atoms with Gasteiger partial charge < -0.3 is 10.0 Å². The molecule has 0 aromatic heterocycles. The molecule has 17 heavy (non-hydrogen) atoms. The van der Waals surface area contributed by atoms with Gasteiger partial charge in [-0.15, -0.1) is 0 Å². The maximum absolute atomic E-state index is 10.2. The average molecular weight is 240 g/mol. The molecule has 1 heterocycles. The molecule has 1 aliphatic heterocycles. The van der Waals surface area contributed by atoms with Gasteiger partial charge in [-0.2, -0.15) is 0 Å². The summed E-state index contributed by atoms with van der Waals surface area (Å²) in [5, 5.41) is 10.2. The number of aliphatic hydroxyl groups is 1. The van der Waals surface area contributed by atoms with Gasteiger partial charge in [0.25, 0.3) is 0 Å². The molecule has 100 valence electrons. The standard InChI is InChI=1S/C14H28N2O/c1-4-12-10-16(8-7-15(12)3)13-9-11(2)5-6-14(13)17/h11-14,17H,4-10H2,1-3H3. The molecule has 0 aromatic carbocycles. The van der Waals surface area contributed by atoms with Gasteiger partial charge in [-0.1, -0.05) is 13.8 Å². The van der Waals surface area contributed by atoms with E-state index in [1.165, 1.54) is 19.3 Å². The fourth-order valence-corrected chi connectivity index (χ4v) is 3.44. The Balaban J connectivity index is 1.96. The second-order valence-corrected chi connectivity index (χ2v) is 6.09. The van der Waals surface area contributed by atoms with Gasteiger partial charge in [-0.05, 0) is 38.6 Å². The Morgan fingerprint density at radius 2 is 2.00 bits per heavy atom. The Morgan fingerprint density at radius 1 is 1.24 bits per heavy atom. The van der Waals surface area contributed by atoms with Crippen molar-refractivity contribution < 1.29 is 5.11 Å². The first-order valence-electron chi connectivity index (χ1n) is 7.24. The van der Waals surface area contributed by atoms with E-state index in [-0.39, 0.29) is 6.10 Å². The number of rotatable bonds is 2. The van der Waals surface area contributed by atoms with E-state index in [4.69, 9.17) is 0 Å². The fourth-order valence-electron chi connectivity index (χ4n) is 3.44. The molecule has 0 amide bonds. The molecule has 0 spiro atoms. The van der Waals surface area contributed by atoms with Crippen LogP contribution in [0.1, 0.15) is 39.5 Å². The van der Waals surface area contributed by atoms with Gasteiger partial charge in [-0.25, -0.2) is 0 Å². The minimum atomic E-state index is -0.0906. The van der Waals surface area contributed by atoms with Gasteiger partial charge in [0.1, 0.15) is 0 Å². The van der Waals surface area contributed by atoms with Crippen LogP contribution in [0.5, 0.6) is 0 Å². The zero-order valence-corrected chi connectivity index (χ0v) is 11.6. The minimum Gasteiger partial charge on any atom is -0.391 e. The lowest BCUT2D eigenvalue weighted by molar-refractivity contribution is -0.0268. The van der Waals surface area contributed by atoms with Gasteiger partial charge in [-0.3, -0.25) is 4.90 Å². The summed E-state index contributed by atoms with van der Waals surface area (Å²) in [5.41, 5.74) is 0. The number of piperazine rings is 1. The molecule has 2 rings (SSSR count). The van der Waals surface area contributed by atoms with E-state index >= 15 is 0 Å². The van der Waals surface area contributed by atoms with E-state index in [9.17, 15) is 5.11 Å². The third-order valence-corrected chi connectivity index (χ3v) is 4.79. The van der Waals surface area contributed by atoms with Crippen molar-refractivity contribution in [1.29, 1.82) is 0 Å². The highest BCUT2D eigenvalue weighted by molar-refractivity contribution is 4.90. The SMILES string of the molecule is CCC1CN(C2CC(C)CCC2O)CCN1C. The van der Waals surface area contributed by atoms with Crippen molar-refractivity contribution in [3.05, 3.63) is 0 Å². The summed E-state index contributed by atoms with van der Waals surface area (Å²) in [5.74, 6) is 0.781. The maximum atomic E-state index is 10.2. The first-order valence-corrected chi connectivity index (χ1v) is 7.24. The monoisotopic (exact) mass is 240 g/mol. The number of aliphatic hydroxyl groups excluding tert-OH is 1. The van der Waals surface area contributed by atoms with Crippen LogP contribution in [0.2, 0.25) is 0 Å². The highest BCUT2D eigenvalue weighted by Crippen LogP contribution is 2.29. The molecule has 4 atom stereocenters. The van der Waals surface area contributed by atoms with Gasteiger partial charge >= 0.3 is 0 Å². The summed E-state index contributed by atoms with van der Waals surface area (Å²) in [7, 11) is 2.23. The van der Waals surface area contributed by atoms with E-state index in [0.717, 1.165) is 32.0 Å². The molecule has 2 fully saturated rings. The van der Waals surface area contributed by atoms with Crippen LogP contribution in [0, 0.1) is 5.92 Å². The molecule has 3 nitrogen and oxygen atoms in total. The normalized spacial score (nSPS) is 41.6. The van der Waals surface area contributed by atoms with Crippen molar-refractivity contribution in [2.45, 2.75) is 57.7 Å². The van der Waals surface area contributed by atoms with Crippen molar-refractivity contribution in [1.82, 2.24) is 9.80 Å². The molecule has 0 aromatic rings. The van der Waals surface area contributed by atoms with Crippen LogP contribution in [0.4, 0.5) is 0 Å². The highest BCUT2D eigenvalue weighted by Gasteiger charge is 2.35. The Bertz CT molecular complexity index is 246. The molecule has 0 radical (unpaired) electrons. The van der Waals surface area contributed by atoms with E-state index in [1.807, 2.05) is 0 Å². The Morgan fingerprint density at radius 3 is 2.71 bits per heavy atom. The first kappa shape index (κ1) is 13.3. The molecule has 1 aliphatic carbocycles. The van der Waals surface area contributed by atoms with Gasteiger partial charge in [0.05, 0.1) is 6.10 Å². The molecule has 1 saturated carbocycles. The van der Waals surface area contributed by atoms with Crippen LogP contribution < -0.4 is 0 Å². The van der Waals surface area contributed by atoms with Crippen molar-refractivity contribution in [3.63, 3.8) is 0 Å². The lowest BCUT2D eigenvalue weighted by atomic mass is 9.83. The number of nitrogens with zero attached hydrogens (tertiary/aromatic N) is 2. The van der Waals surface area contributed by atoms with Gasteiger partial charge in [0.2, 0.25) is 0 Å². The third-order valence-electron chi connectivity index (χ3n) is 4.79. The maximum Gasteiger partial charge on any atom is 0.0695 e. The zero-order valence-electron chi connectivity index (χ0n) is 11.6. The number of hydrogen-bond acceptors (Lipinski definition) is 3. The Hall–Kier alpha value is -0.120. The topological polar surface area (TPSA) is 26.7 Å². The smallest absolute Gasteiger partial charge is 0.0695 e. The predicted octanol–water partition coefficient (Wildman–Crippen LogP) is 1.56. The first-order chi connectivity index (χ1) is 8.11. The second-order valence-electron chi connectivity index (χ2n) is 6.09. The predicted molar refractivity (Wildman–Crippen MR) is 71.1 cm³/mol. The van der Waals surface area contributed by atoms with Crippen LogP contribution >= 0.6 is 0 Å². The molecule has 3 heteroatoms. The fraction of sp³-hybridized carbons (Fsp3) is 1.00. The molecule has 2 aliphatic rings. The summed E-state index contributed by atoms with van der Waals surface area (Å²) >= 11 is 0. The lowest BCUT2D eigenvalue weighted by Gasteiger charge is -2.46. The van der Waals surface area contributed by atoms with Crippen LogP contribution in [-0.2, 0) is 0 Å². The Kier molecular flexibility index (Phi) is 4.45. The molecular weight excluding hydrogens is 212 g/mol. The second kappa shape index (κ2) is 5.68. The lowest BCUT2D eigenvalue weighted by Crippen LogP contribution is -2.58. The molecule has 4 unspecified atom stereocenters. The Labute approximate surface area is 106 Å². The van der Waals surface area contributed by atoms with Crippen LogP contribution in [0.25, 0.3) is 0 Å². The highest BCUT2D eigenvalue weighted by atomic mass is 16.3. The molecule has 1 saturated heterocycles. The van der Waals surface area contributed by atoms with E-state index < -0.39 is 0 Å². The van der Waals surface area contributed by atoms with Crippen molar-refractivity contribution >= 4 is 0 Å². The summed E-state index contributed by atoms with van der Waals surface area (Å²) in [6, 6.07) is 1.09. The average Bonchev–Trinajstić information content (AvgIpc) is 2.33. The van der Waals surface area contributed by atoms with E-state index in [1.54, 1.807) is 0 Å². The zero-order chi connectivity index (χ0) is 12.4. The van der Waals surface area contributed by atoms with Crippen LogP contribution in [-0.4, -0.2) is 59.8 Å². The van der Waals surface area contributed by atoms with Crippen LogP contribution in [0.15, 0.2) is 0 Å². The van der Waals surface area contributed by atoms with Crippen molar-refractivity contribution in [2.24, 2.45) is 5.92 Å². The summed E-state index contributed by atoms with van der Waals surface area (Å²) in [4.78, 5) is 5.02. The van der Waals surface area contributed by atoms with E-state index in [2.05, 4.69) is 30.7 Å². The van der Waals surface area contributed by atoms with Gasteiger partial charge in [0.15, 0.2) is 0 Å². The molecule has 1 N–H and O–H groups in total. The quantitative estimate of drug-likeness (QED) is 0.793. The minimum absolute atomic E-state index is 0.0906. The largest absolute Gasteiger partial charge is 0.391 e. The van der Waals surface area contributed by atoms with Crippen LogP contribution in [0.3, 0.4) is 0 Å². The number of likely N-dealkylation sites (N-methyl/N-ethyl adjacent to an activating group) is 1. The number of hydrogen-bond donors (Lipinski definition) is 1.